The monoisotopic (exact) mass is 512 g/mol. The van der Waals surface area contributed by atoms with Crippen molar-refractivity contribution >= 4 is 17.9 Å². The molecular formula is C28H34F2N4OS. The minimum Gasteiger partial charge on any atom is -0.351 e. The number of carbonyl (C=O) groups excluding carboxylic acids is 1. The van der Waals surface area contributed by atoms with E-state index in [9.17, 15) is 13.6 Å². The van der Waals surface area contributed by atoms with Crippen molar-refractivity contribution in [2.45, 2.75) is 70.9 Å². The molecule has 1 fully saturated rings. The number of hydrogen-bond acceptors (Lipinski definition) is 5. The topological polar surface area (TPSA) is 58.1 Å². The summed E-state index contributed by atoms with van der Waals surface area (Å²) in [4.78, 5) is 22.2. The molecule has 2 aromatic carbocycles. The maximum absolute atomic E-state index is 13.4. The maximum Gasteiger partial charge on any atom is 0.288 e. The highest BCUT2D eigenvalue weighted by molar-refractivity contribution is 7.97. The zero-order chi connectivity index (χ0) is 26.3. The Balaban J connectivity index is 0.00000176. The second-order valence-corrected chi connectivity index (χ2v) is 9.93. The molecule has 1 atom stereocenters. The van der Waals surface area contributed by atoms with Crippen LogP contribution in [0.1, 0.15) is 56.0 Å². The predicted molar refractivity (Wildman–Crippen MR) is 142 cm³/mol. The third kappa shape index (κ3) is 7.34. The van der Waals surface area contributed by atoms with Crippen molar-refractivity contribution < 1.29 is 13.6 Å². The summed E-state index contributed by atoms with van der Waals surface area (Å²) >= 11 is 1.63. The lowest BCUT2D eigenvalue weighted by atomic mass is 10.0. The zero-order valence-corrected chi connectivity index (χ0v) is 22.3. The zero-order valence-electron chi connectivity index (χ0n) is 21.5. The third-order valence-corrected chi connectivity index (χ3v) is 6.91. The number of aromatic nitrogens is 2. The molecule has 1 unspecified atom stereocenters. The normalized spacial score (nSPS) is 15.8. The van der Waals surface area contributed by atoms with Gasteiger partial charge in [0.15, 0.2) is 0 Å². The highest BCUT2D eigenvalue weighted by Gasteiger charge is 2.31. The molecule has 1 amide bonds. The minimum absolute atomic E-state index is 0.00879. The third-order valence-electron chi connectivity index (χ3n) is 5.75. The summed E-state index contributed by atoms with van der Waals surface area (Å²) in [6.45, 7) is 10.1. The number of carbonyl (C=O) groups is 1. The van der Waals surface area contributed by atoms with Crippen molar-refractivity contribution in [1.29, 1.82) is 0 Å². The maximum atomic E-state index is 13.4. The number of hydrogen-bond donors (Lipinski definition) is 1. The van der Waals surface area contributed by atoms with Gasteiger partial charge in [-0.15, -0.1) is 0 Å². The van der Waals surface area contributed by atoms with Gasteiger partial charge in [0.05, 0.1) is 24.1 Å². The molecule has 1 aliphatic heterocycles. The van der Waals surface area contributed by atoms with Crippen molar-refractivity contribution in [1.82, 2.24) is 19.6 Å². The van der Waals surface area contributed by atoms with E-state index in [-0.39, 0.29) is 17.6 Å². The first-order valence-electron chi connectivity index (χ1n) is 12.3. The minimum atomic E-state index is -3.03. The molecule has 4 rings (SSSR count). The molecule has 36 heavy (non-hydrogen) atoms. The van der Waals surface area contributed by atoms with Gasteiger partial charge in [-0.2, -0.15) is 8.78 Å². The molecule has 5 nitrogen and oxygen atoms in total. The molecule has 1 N–H and O–H groups in total. The number of aryl methyl sites for hydroxylation is 2. The van der Waals surface area contributed by atoms with Gasteiger partial charge in [-0.25, -0.2) is 4.31 Å². The van der Waals surface area contributed by atoms with Crippen molar-refractivity contribution in [2.24, 2.45) is 0 Å². The number of alkyl halides is 2. The van der Waals surface area contributed by atoms with Gasteiger partial charge in [-0.05, 0) is 68.5 Å². The van der Waals surface area contributed by atoms with Crippen LogP contribution < -0.4 is 5.32 Å². The summed E-state index contributed by atoms with van der Waals surface area (Å²) in [5.74, 6) is -3.02. The summed E-state index contributed by atoms with van der Waals surface area (Å²) in [5, 5.41) is 3.07. The molecule has 0 aliphatic carbocycles. The van der Waals surface area contributed by atoms with E-state index >= 15 is 0 Å². The smallest absolute Gasteiger partial charge is 0.288 e. The number of rotatable bonds is 7. The molecule has 0 bridgehead atoms. The average Bonchev–Trinajstić information content (AvgIpc) is 3.33. The highest BCUT2D eigenvalue weighted by Crippen LogP contribution is 2.31. The fourth-order valence-corrected chi connectivity index (χ4v) is 5.05. The Morgan fingerprint density at radius 1 is 1.08 bits per heavy atom. The van der Waals surface area contributed by atoms with Crippen LogP contribution in [0.25, 0.3) is 11.3 Å². The molecule has 192 valence electrons. The van der Waals surface area contributed by atoms with Crippen LogP contribution in [0.3, 0.4) is 0 Å². The SMILES string of the molecule is CC.Cc1ccc(SN2CCCC2C(=O)NCc2cc(C)cc(-c3cnc(C(C)(F)F)cn3)c2)cc1. The van der Waals surface area contributed by atoms with Crippen LogP contribution in [0.4, 0.5) is 8.78 Å². The van der Waals surface area contributed by atoms with Gasteiger partial charge < -0.3 is 5.32 Å². The Bertz CT molecular complexity index is 1150. The number of halogens is 2. The van der Waals surface area contributed by atoms with Gasteiger partial charge in [0.25, 0.3) is 5.92 Å². The summed E-state index contributed by atoms with van der Waals surface area (Å²) in [7, 11) is 0. The number of nitrogens with one attached hydrogen (secondary N) is 1. The summed E-state index contributed by atoms with van der Waals surface area (Å²) in [6, 6.07) is 14.0. The van der Waals surface area contributed by atoms with Crippen LogP contribution in [-0.2, 0) is 17.3 Å². The Morgan fingerprint density at radius 3 is 2.44 bits per heavy atom. The fraction of sp³-hybridized carbons (Fsp3) is 0.393. The first-order valence-corrected chi connectivity index (χ1v) is 13.1. The molecule has 1 saturated heterocycles. The van der Waals surface area contributed by atoms with Crippen LogP contribution >= 0.6 is 11.9 Å². The summed E-state index contributed by atoms with van der Waals surface area (Å²) in [6.07, 6.45) is 4.28. The molecule has 0 spiro atoms. The molecule has 1 aliphatic rings. The number of amides is 1. The van der Waals surface area contributed by atoms with Crippen molar-refractivity contribution in [2.75, 3.05) is 6.54 Å². The largest absolute Gasteiger partial charge is 0.351 e. The molecule has 1 aromatic heterocycles. The average molecular weight is 513 g/mol. The molecule has 3 aromatic rings. The lowest BCUT2D eigenvalue weighted by molar-refractivity contribution is -0.124. The van der Waals surface area contributed by atoms with Gasteiger partial charge in [0.1, 0.15) is 5.69 Å². The second kappa shape index (κ2) is 12.4. The van der Waals surface area contributed by atoms with Gasteiger partial charge in [-0.3, -0.25) is 14.8 Å². The lowest BCUT2D eigenvalue weighted by Crippen LogP contribution is -2.40. The van der Waals surface area contributed by atoms with Gasteiger partial charge >= 0.3 is 0 Å². The molecule has 0 saturated carbocycles. The van der Waals surface area contributed by atoms with E-state index in [0.717, 1.165) is 54.1 Å². The van der Waals surface area contributed by atoms with E-state index in [1.165, 1.54) is 11.8 Å². The standard InChI is InChI=1S/C26H28F2N4OS.C2H6/c1-17-6-8-21(9-7-17)34-32-10-4-5-23(32)25(33)31-14-19-11-18(2)12-20(13-19)22-15-30-24(16-29-22)26(3,27)28;1-2/h6-9,11-13,15-16,23H,4-5,10,14H2,1-3H3,(H,31,33);1-2H3. The van der Waals surface area contributed by atoms with Crippen LogP contribution in [0, 0.1) is 13.8 Å². The predicted octanol–water partition coefficient (Wildman–Crippen LogP) is 6.69. The number of nitrogens with zero attached hydrogens (tertiary/aromatic N) is 3. The Morgan fingerprint density at radius 2 is 1.81 bits per heavy atom. The van der Waals surface area contributed by atoms with E-state index in [2.05, 4.69) is 50.8 Å². The number of benzene rings is 2. The Hall–Kier alpha value is -2.84. The molecular weight excluding hydrogens is 478 g/mol. The van der Waals surface area contributed by atoms with Crippen LogP contribution in [0.2, 0.25) is 0 Å². The lowest BCUT2D eigenvalue weighted by Gasteiger charge is -2.22. The summed E-state index contributed by atoms with van der Waals surface area (Å²) in [5.41, 5.74) is 4.06. The highest BCUT2D eigenvalue weighted by atomic mass is 32.2. The van der Waals surface area contributed by atoms with E-state index in [1.807, 2.05) is 39.0 Å². The van der Waals surface area contributed by atoms with E-state index in [4.69, 9.17) is 0 Å². The Labute approximate surface area is 216 Å². The van der Waals surface area contributed by atoms with Crippen LogP contribution in [-0.4, -0.2) is 32.8 Å². The van der Waals surface area contributed by atoms with Crippen molar-refractivity contribution in [3.05, 3.63) is 77.2 Å². The molecule has 0 radical (unpaired) electrons. The van der Waals surface area contributed by atoms with E-state index < -0.39 is 5.92 Å². The summed E-state index contributed by atoms with van der Waals surface area (Å²) < 4.78 is 29.0. The van der Waals surface area contributed by atoms with E-state index in [0.29, 0.717) is 12.2 Å². The van der Waals surface area contributed by atoms with Crippen molar-refractivity contribution in [3.63, 3.8) is 0 Å². The molecule has 8 heteroatoms. The fourth-order valence-electron chi connectivity index (χ4n) is 3.97. The van der Waals surface area contributed by atoms with Crippen molar-refractivity contribution in [3.8, 4) is 11.3 Å². The van der Waals surface area contributed by atoms with Crippen LogP contribution in [0.15, 0.2) is 59.8 Å². The van der Waals surface area contributed by atoms with Gasteiger partial charge in [0.2, 0.25) is 5.91 Å². The quantitative estimate of drug-likeness (QED) is 0.358. The first-order chi connectivity index (χ1) is 17.2. The Kier molecular flexibility index (Phi) is 9.56. The molecule has 2 heterocycles. The van der Waals surface area contributed by atoms with E-state index in [1.54, 1.807) is 11.9 Å². The first kappa shape index (κ1) is 27.7. The second-order valence-electron chi connectivity index (χ2n) is 8.80. The van der Waals surface area contributed by atoms with Crippen LogP contribution in [0.5, 0.6) is 0 Å². The van der Waals surface area contributed by atoms with Gasteiger partial charge in [-0.1, -0.05) is 43.2 Å². The van der Waals surface area contributed by atoms with Gasteiger partial charge in [0, 0.05) is 30.5 Å².